The van der Waals surface area contributed by atoms with Crippen molar-refractivity contribution in [2.45, 2.75) is 31.6 Å². The second-order valence-corrected chi connectivity index (χ2v) is 8.61. The number of carbonyl (C=O) groups excluding carboxylic acids is 1. The number of nitrogens with one attached hydrogen (secondary N) is 1. The van der Waals surface area contributed by atoms with Crippen molar-refractivity contribution in [1.29, 1.82) is 0 Å². The topological polar surface area (TPSA) is 66.5 Å². The molecular formula is C16H21F3N2O3S. The van der Waals surface area contributed by atoms with Gasteiger partial charge in [-0.2, -0.15) is 13.2 Å². The van der Waals surface area contributed by atoms with Crippen molar-refractivity contribution in [3.05, 3.63) is 35.4 Å². The lowest BCUT2D eigenvalue weighted by molar-refractivity contribution is -0.137. The van der Waals surface area contributed by atoms with Crippen LogP contribution in [0.25, 0.3) is 0 Å². The van der Waals surface area contributed by atoms with Crippen LogP contribution in [0.4, 0.5) is 13.2 Å². The van der Waals surface area contributed by atoms with E-state index in [0.29, 0.717) is 12.0 Å². The molecule has 1 aliphatic heterocycles. The molecule has 5 nitrogen and oxygen atoms in total. The lowest BCUT2D eigenvalue weighted by atomic mass is 10.0. The fourth-order valence-corrected chi connectivity index (χ4v) is 4.64. The highest BCUT2D eigenvalue weighted by Crippen LogP contribution is 2.30. The Morgan fingerprint density at radius 1 is 1.40 bits per heavy atom. The zero-order valence-corrected chi connectivity index (χ0v) is 14.8. The van der Waals surface area contributed by atoms with Crippen molar-refractivity contribution in [2.24, 2.45) is 0 Å². The third-order valence-corrected chi connectivity index (χ3v) is 6.07. The zero-order valence-electron chi connectivity index (χ0n) is 14.0. The Labute approximate surface area is 145 Å². The Hall–Kier alpha value is -1.61. The molecule has 2 rings (SSSR count). The number of hydrogen-bond acceptors (Lipinski definition) is 4. The lowest BCUT2D eigenvalue weighted by Crippen LogP contribution is -2.41. The van der Waals surface area contributed by atoms with Crippen LogP contribution in [-0.4, -0.2) is 50.4 Å². The Kier molecular flexibility index (Phi) is 5.78. The molecule has 0 bridgehead atoms. The molecule has 0 aromatic heterocycles. The van der Waals surface area contributed by atoms with E-state index in [0.717, 1.165) is 12.1 Å². The third kappa shape index (κ3) is 5.43. The Balaban J connectivity index is 1.94. The number of amides is 1. The fourth-order valence-electron chi connectivity index (χ4n) is 2.83. The SMILES string of the molecule is CC(NC(=O)CN(C)C1CCS(=O)(=O)C1)c1cccc(C(F)(F)F)c1. The number of likely N-dealkylation sites (N-methyl/N-ethyl adjacent to an activating group) is 1. The van der Waals surface area contributed by atoms with Crippen molar-refractivity contribution < 1.29 is 26.4 Å². The van der Waals surface area contributed by atoms with Gasteiger partial charge in [0.2, 0.25) is 5.91 Å². The molecule has 1 saturated heterocycles. The maximum Gasteiger partial charge on any atom is 0.416 e. The maximum atomic E-state index is 12.8. The molecule has 0 radical (unpaired) electrons. The van der Waals surface area contributed by atoms with Gasteiger partial charge < -0.3 is 5.32 Å². The van der Waals surface area contributed by atoms with E-state index in [2.05, 4.69) is 5.32 Å². The summed E-state index contributed by atoms with van der Waals surface area (Å²) in [6, 6.07) is 4.02. The molecule has 9 heteroatoms. The minimum Gasteiger partial charge on any atom is -0.348 e. The van der Waals surface area contributed by atoms with Crippen molar-refractivity contribution in [2.75, 3.05) is 25.1 Å². The van der Waals surface area contributed by atoms with Crippen molar-refractivity contribution in [1.82, 2.24) is 10.2 Å². The van der Waals surface area contributed by atoms with Crippen molar-refractivity contribution in [3.8, 4) is 0 Å². The van der Waals surface area contributed by atoms with Gasteiger partial charge in [-0.1, -0.05) is 12.1 Å². The van der Waals surface area contributed by atoms with Crippen LogP contribution >= 0.6 is 0 Å². The Morgan fingerprint density at radius 2 is 2.08 bits per heavy atom. The van der Waals surface area contributed by atoms with E-state index in [1.54, 1.807) is 18.9 Å². The second-order valence-electron chi connectivity index (χ2n) is 6.38. The number of nitrogens with zero attached hydrogens (tertiary/aromatic N) is 1. The van der Waals surface area contributed by atoms with Gasteiger partial charge in [-0.15, -0.1) is 0 Å². The number of sulfone groups is 1. The van der Waals surface area contributed by atoms with Gasteiger partial charge in [-0.25, -0.2) is 8.42 Å². The molecule has 2 unspecified atom stereocenters. The Morgan fingerprint density at radius 3 is 2.64 bits per heavy atom. The average Bonchev–Trinajstić information content (AvgIpc) is 2.86. The number of rotatable bonds is 5. The average molecular weight is 378 g/mol. The third-order valence-electron chi connectivity index (χ3n) is 4.32. The van der Waals surface area contributed by atoms with Crippen LogP contribution in [0.3, 0.4) is 0 Å². The molecule has 1 amide bonds. The summed E-state index contributed by atoms with van der Waals surface area (Å²) in [6.45, 7) is 1.59. The molecule has 1 aliphatic rings. The standard InChI is InChI=1S/C16H21F3N2O3S/c1-11(12-4-3-5-13(8-12)16(17,18)19)20-15(22)9-21(2)14-6-7-25(23,24)10-14/h3-5,8,11,14H,6-7,9-10H2,1-2H3,(H,20,22). The molecule has 1 fully saturated rings. The van der Waals surface area contributed by atoms with Crippen molar-refractivity contribution in [3.63, 3.8) is 0 Å². The largest absolute Gasteiger partial charge is 0.416 e. The van der Waals surface area contributed by atoms with Crippen LogP contribution in [0.1, 0.15) is 30.5 Å². The normalized spacial score (nSPS) is 21.3. The van der Waals surface area contributed by atoms with Crippen LogP contribution in [0.15, 0.2) is 24.3 Å². The number of halogens is 3. The van der Waals surface area contributed by atoms with E-state index < -0.39 is 27.6 Å². The summed E-state index contributed by atoms with van der Waals surface area (Å²) in [5.74, 6) is -0.221. The van der Waals surface area contributed by atoms with Gasteiger partial charge in [0.15, 0.2) is 9.84 Å². The predicted octanol–water partition coefficient (Wildman–Crippen LogP) is 2.00. The number of carbonyl (C=O) groups is 1. The fraction of sp³-hybridized carbons (Fsp3) is 0.562. The molecule has 1 aromatic rings. The van der Waals surface area contributed by atoms with E-state index in [1.807, 2.05) is 0 Å². The summed E-state index contributed by atoms with van der Waals surface area (Å²) < 4.78 is 61.3. The van der Waals surface area contributed by atoms with Crippen LogP contribution in [0.2, 0.25) is 0 Å². The highest BCUT2D eigenvalue weighted by Gasteiger charge is 2.32. The van der Waals surface area contributed by atoms with Crippen LogP contribution in [0.5, 0.6) is 0 Å². The minimum absolute atomic E-state index is 0.0104. The number of hydrogen-bond donors (Lipinski definition) is 1. The van der Waals surface area contributed by atoms with Gasteiger partial charge in [0.05, 0.1) is 29.7 Å². The first-order chi connectivity index (χ1) is 11.5. The van der Waals surface area contributed by atoms with Crippen LogP contribution in [-0.2, 0) is 20.8 Å². The first-order valence-corrected chi connectivity index (χ1v) is 9.67. The maximum absolute atomic E-state index is 12.8. The summed E-state index contributed by atoms with van der Waals surface area (Å²) in [5.41, 5.74) is -0.409. The Bertz CT molecular complexity index is 734. The number of benzene rings is 1. The minimum atomic E-state index is -4.44. The van der Waals surface area contributed by atoms with Gasteiger partial charge in [-0.05, 0) is 38.1 Å². The van der Waals surface area contributed by atoms with Crippen molar-refractivity contribution >= 4 is 15.7 Å². The van der Waals surface area contributed by atoms with Gasteiger partial charge in [0, 0.05) is 6.04 Å². The van der Waals surface area contributed by atoms with Gasteiger partial charge in [0.25, 0.3) is 0 Å². The molecule has 1 aromatic carbocycles. The quantitative estimate of drug-likeness (QED) is 0.851. The van der Waals surface area contributed by atoms with E-state index in [-0.39, 0.29) is 30.0 Å². The summed E-state index contributed by atoms with van der Waals surface area (Å²) in [4.78, 5) is 13.8. The molecule has 0 spiro atoms. The summed E-state index contributed by atoms with van der Waals surface area (Å²) in [6.07, 6.45) is -3.96. The molecule has 0 aliphatic carbocycles. The zero-order chi connectivity index (χ0) is 18.8. The first-order valence-electron chi connectivity index (χ1n) is 7.85. The molecule has 25 heavy (non-hydrogen) atoms. The molecule has 0 saturated carbocycles. The van der Waals surface area contributed by atoms with Gasteiger partial charge >= 0.3 is 6.18 Å². The molecule has 1 N–H and O–H groups in total. The van der Waals surface area contributed by atoms with Crippen LogP contribution < -0.4 is 5.32 Å². The predicted molar refractivity (Wildman–Crippen MR) is 87.7 cm³/mol. The number of alkyl halides is 3. The lowest BCUT2D eigenvalue weighted by Gasteiger charge is -2.23. The van der Waals surface area contributed by atoms with E-state index >= 15 is 0 Å². The second kappa shape index (κ2) is 7.33. The first kappa shape index (κ1) is 19.7. The molecule has 140 valence electrons. The summed E-state index contributed by atoms with van der Waals surface area (Å²) in [5, 5.41) is 2.65. The smallest absolute Gasteiger partial charge is 0.348 e. The highest BCUT2D eigenvalue weighted by atomic mass is 32.2. The molecule has 2 atom stereocenters. The van der Waals surface area contributed by atoms with Gasteiger partial charge in [0.1, 0.15) is 0 Å². The van der Waals surface area contributed by atoms with E-state index in [9.17, 15) is 26.4 Å². The summed E-state index contributed by atoms with van der Waals surface area (Å²) in [7, 11) is -1.37. The molecule has 1 heterocycles. The van der Waals surface area contributed by atoms with E-state index in [1.165, 1.54) is 12.1 Å². The molecular weight excluding hydrogens is 357 g/mol. The van der Waals surface area contributed by atoms with Gasteiger partial charge in [-0.3, -0.25) is 9.69 Å². The highest BCUT2D eigenvalue weighted by molar-refractivity contribution is 7.91. The van der Waals surface area contributed by atoms with E-state index in [4.69, 9.17) is 0 Å². The monoisotopic (exact) mass is 378 g/mol. The summed E-state index contributed by atoms with van der Waals surface area (Å²) >= 11 is 0. The van der Waals surface area contributed by atoms with Crippen LogP contribution in [0, 0.1) is 0 Å².